The molecule has 5 nitrogen and oxygen atoms in total. The van der Waals surface area contributed by atoms with Gasteiger partial charge in [-0.15, -0.1) is 0 Å². The normalized spacial score (nSPS) is 13.1. The molecule has 1 atom stereocenters. The van der Waals surface area contributed by atoms with Crippen LogP contribution in [0.15, 0.2) is 12.3 Å². The maximum absolute atomic E-state index is 5.89. The molecule has 0 spiro atoms. The Kier molecular flexibility index (Phi) is 4.50. The highest BCUT2D eigenvalue weighted by atomic mass is 16.5. The molecule has 0 aliphatic heterocycles. The van der Waals surface area contributed by atoms with Gasteiger partial charge in [-0.2, -0.15) is 5.10 Å². The largest absolute Gasteiger partial charge is 0.371 e. The van der Waals surface area contributed by atoms with Crippen LogP contribution in [0.3, 0.4) is 0 Å². The number of ether oxygens (including phenoxy) is 1. The number of aromatic nitrogens is 3. The van der Waals surface area contributed by atoms with Crippen molar-refractivity contribution in [1.29, 1.82) is 0 Å². The second kappa shape index (κ2) is 6.12. The summed E-state index contributed by atoms with van der Waals surface area (Å²) in [5.41, 5.74) is 4.29. The molecule has 2 heterocycles. The number of rotatable bonds is 6. The molecule has 2 aromatic rings. The van der Waals surface area contributed by atoms with Crippen LogP contribution >= 0.6 is 0 Å². The van der Waals surface area contributed by atoms with Crippen molar-refractivity contribution in [3.8, 4) is 0 Å². The first-order valence-electron chi connectivity index (χ1n) is 6.82. The third kappa shape index (κ3) is 2.62. The van der Waals surface area contributed by atoms with Gasteiger partial charge in [-0.25, -0.2) is 9.50 Å². The third-order valence-electron chi connectivity index (χ3n) is 3.30. The Morgan fingerprint density at radius 2 is 2.21 bits per heavy atom. The van der Waals surface area contributed by atoms with Crippen LogP contribution in [0.5, 0.6) is 0 Å². The van der Waals surface area contributed by atoms with E-state index in [0.717, 1.165) is 30.0 Å². The quantitative estimate of drug-likeness (QED) is 0.864. The smallest absolute Gasteiger partial charge is 0.155 e. The fraction of sp³-hybridized carbons (Fsp3) is 0.571. The van der Waals surface area contributed by atoms with E-state index in [2.05, 4.69) is 29.2 Å². The van der Waals surface area contributed by atoms with Crippen molar-refractivity contribution in [3.05, 3.63) is 29.2 Å². The summed E-state index contributed by atoms with van der Waals surface area (Å²) in [7, 11) is 1.94. The van der Waals surface area contributed by atoms with Gasteiger partial charge in [0.2, 0.25) is 0 Å². The van der Waals surface area contributed by atoms with Crippen LogP contribution in [0.2, 0.25) is 0 Å². The van der Waals surface area contributed by atoms with Crippen LogP contribution in [0, 0.1) is 6.92 Å². The van der Waals surface area contributed by atoms with E-state index in [9.17, 15) is 0 Å². The van der Waals surface area contributed by atoms with Crippen molar-refractivity contribution >= 4 is 5.65 Å². The average molecular weight is 262 g/mol. The standard InChI is InChI=1S/C14H22N4O/c1-5-11-10(3)17-13-7-8-16-18(13)14(11)12(9-15-4)19-6-2/h7-8,12,15H,5-6,9H2,1-4H3. The van der Waals surface area contributed by atoms with E-state index < -0.39 is 0 Å². The molecule has 0 radical (unpaired) electrons. The van der Waals surface area contributed by atoms with Gasteiger partial charge in [0.05, 0.1) is 11.9 Å². The summed E-state index contributed by atoms with van der Waals surface area (Å²) in [5.74, 6) is 0. The Morgan fingerprint density at radius 1 is 1.42 bits per heavy atom. The lowest BCUT2D eigenvalue weighted by Gasteiger charge is -2.21. The number of fused-ring (bicyclic) bond motifs is 1. The summed E-state index contributed by atoms with van der Waals surface area (Å²) in [5, 5.41) is 7.59. The van der Waals surface area contributed by atoms with Gasteiger partial charge in [-0.1, -0.05) is 6.92 Å². The molecule has 1 unspecified atom stereocenters. The zero-order valence-electron chi connectivity index (χ0n) is 12.1. The van der Waals surface area contributed by atoms with E-state index in [1.807, 2.05) is 24.6 Å². The van der Waals surface area contributed by atoms with Crippen molar-refractivity contribution in [2.24, 2.45) is 0 Å². The maximum atomic E-state index is 5.89. The Balaban J connectivity index is 2.62. The lowest BCUT2D eigenvalue weighted by Crippen LogP contribution is -2.24. The van der Waals surface area contributed by atoms with Crippen molar-refractivity contribution in [1.82, 2.24) is 19.9 Å². The molecule has 5 heteroatoms. The van der Waals surface area contributed by atoms with Gasteiger partial charge in [0, 0.05) is 24.9 Å². The second-order valence-electron chi connectivity index (χ2n) is 4.52. The number of aryl methyl sites for hydroxylation is 1. The van der Waals surface area contributed by atoms with Gasteiger partial charge in [0.15, 0.2) is 5.65 Å². The Labute approximate surface area is 114 Å². The average Bonchev–Trinajstić information content (AvgIpc) is 2.84. The van der Waals surface area contributed by atoms with Crippen LogP contribution in [-0.2, 0) is 11.2 Å². The highest BCUT2D eigenvalue weighted by molar-refractivity contribution is 5.43. The van der Waals surface area contributed by atoms with Crippen molar-refractivity contribution in [3.63, 3.8) is 0 Å². The lowest BCUT2D eigenvalue weighted by atomic mass is 10.0. The Bertz CT molecular complexity index is 544. The van der Waals surface area contributed by atoms with E-state index >= 15 is 0 Å². The number of nitrogens with one attached hydrogen (secondary N) is 1. The molecule has 104 valence electrons. The minimum Gasteiger partial charge on any atom is -0.371 e. The summed E-state index contributed by atoms with van der Waals surface area (Å²) < 4.78 is 7.80. The van der Waals surface area contributed by atoms with Gasteiger partial charge in [-0.3, -0.25) is 0 Å². The SMILES string of the molecule is CCOC(CNC)c1c(CC)c(C)nc2ccnn12. The molecule has 0 saturated carbocycles. The van der Waals surface area contributed by atoms with E-state index in [1.165, 1.54) is 5.56 Å². The molecular formula is C14H22N4O. The predicted octanol–water partition coefficient (Wildman–Crippen LogP) is 1.90. The molecule has 0 amide bonds. The van der Waals surface area contributed by atoms with E-state index in [0.29, 0.717) is 6.61 Å². The molecule has 2 aromatic heterocycles. The zero-order valence-corrected chi connectivity index (χ0v) is 12.1. The number of likely N-dealkylation sites (N-methyl/N-ethyl adjacent to an activating group) is 1. The topological polar surface area (TPSA) is 51.5 Å². The highest BCUT2D eigenvalue weighted by Crippen LogP contribution is 2.24. The lowest BCUT2D eigenvalue weighted by molar-refractivity contribution is 0.0584. The molecule has 0 fully saturated rings. The van der Waals surface area contributed by atoms with Crippen LogP contribution in [0.25, 0.3) is 5.65 Å². The number of hydrogen-bond acceptors (Lipinski definition) is 4. The first kappa shape index (κ1) is 14.0. The monoisotopic (exact) mass is 262 g/mol. The summed E-state index contributed by atoms with van der Waals surface area (Å²) in [4.78, 5) is 4.59. The summed E-state index contributed by atoms with van der Waals surface area (Å²) in [6.07, 6.45) is 2.71. The van der Waals surface area contributed by atoms with E-state index in [-0.39, 0.29) is 6.10 Å². The van der Waals surface area contributed by atoms with E-state index in [4.69, 9.17) is 4.74 Å². The van der Waals surface area contributed by atoms with Gasteiger partial charge in [0.1, 0.15) is 6.10 Å². The van der Waals surface area contributed by atoms with E-state index in [1.54, 1.807) is 6.20 Å². The van der Waals surface area contributed by atoms with Gasteiger partial charge in [0.25, 0.3) is 0 Å². The summed E-state index contributed by atoms with van der Waals surface area (Å²) >= 11 is 0. The number of nitrogens with zero attached hydrogens (tertiary/aromatic N) is 3. The molecule has 0 aliphatic carbocycles. The molecule has 19 heavy (non-hydrogen) atoms. The Hall–Kier alpha value is -1.46. The van der Waals surface area contributed by atoms with Crippen LogP contribution < -0.4 is 5.32 Å². The van der Waals surface area contributed by atoms with Gasteiger partial charge >= 0.3 is 0 Å². The van der Waals surface area contributed by atoms with Crippen LogP contribution in [-0.4, -0.2) is 34.8 Å². The fourth-order valence-corrected chi connectivity index (χ4v) is 2.51. The molecular weight excluding hydrogens is 240 g/mol. The molecule has 0 aliphatic rings. The first-order chi connectivity index (χ1) is 9.22. The van der Waals surface area contributed by atoms with Crippen LogP contribution in [0.1, 0.15) is 36.9 Å². The maximum Gasteiger partial charge on any atom is 0.155 e. The molecule has 2 rings (SSSR count). The minimum absolute atomic E-state index is 0.00551. The first-order valence-corrected chi connectivity index (χ1v) is 6.82. The van der Waals surface area contributed by atoms with Gasteiger partial charge in [-0.05, 0) is 32.9 Å². The van der Waals surface area contributed by atoms with Crippen molar-refractivity contribution in [2.45, 2.75) is 33.3 Å². The number of hydrogen-bond donors (Lipinski definition) is 1. The fourth-order valence-electron chi connectivity index (χ4n) is 2.51. The van der Waals surface area contributed by atoms with Crippen LogP contribution in [0.4, 0.5) is 0 Å². The highest BCUT2D eigenvalue weighted by Gasteiger charge is 2.21. The molecule has 0 aromatic carbocycles. The predicted molar refractivity (Wildman–Crippen MR) is 75.4 cm³/mol. The summed E-state index contributed by atoms with van der Waals surface area (Å²) in [6, 6.07) is 1.93. The van der Waals surface area contributed by atoms with Gasteiger partial charge < -0.3 is 10.1 Å². The molecule has 0 saturated heterocycles. The minimum atomic E-state index is -0.00551. The molecule has 1 N–H and O–H groups in total. The van der Waals surface area contributed by atoms with Crippen molar-refractivity contribution in [2.75, 3.05) is 20.2 Å². The second-order valence-corrected chi connectivity index (χ2v) is 4.52. The third-order valence-corrected chi connectivity index (χ3v) is 3.30. The zero-order chi connectivity index (χ0) is 13.8. The molecule has 0 bridgehead atoms. The van der Waals surface area contributed by atoms with Crippen molar-refractivity contribution < 1.29 is 4.74 Å². The Morgan fingerprint density at radius 3 is 2.84 bits per heavy atom. The summed E-state index contributed by atoms with van der Waals surface area (Å²) in [6.45, 7) is 7.66.